The molecule has 1 aliphatic heterocycles. The van der Waals surface area contributed by atoms with Gasteiger partial charge in [-0.3, -0.25) is 14.4 Å². The van der Waals surface area contributed by atoms with Gasteiger partial charge in [0.2, 0.25) is 0 Å². The van der Waals surface area contributed by atoms with E-state index in [1.165, 1.54) is 5.56 Å². The molecule has 0 bridgehead atoms. The van der Waals surface area contributed by atoms with Gasteiger partial charge in [-0.1, -0.05) is 36.4 Å². The second kappa shape index (κ2) is 6.88. The SMILES string of the molecule is Nc1c(N2CCc3ccc(CNC(=O)c4cc5ccccc5[nH]4)cc3C2)c(=O)c1=O. The van der Waals surface area contributed by atoms with Gasteiger partial charge in [0.1, 0.15) is 17.1 Å². The summed E-state index contributed by atoms with van der Waals surface area (Å²) in [6, 6.07) is 15.7. The van der Waals surface area contributed by atoms with Crippen LogP contribution in [0, 0.1) is 0 Å². The molecule has 2 heterocycles. The number of hydrogen-bond donors (Lipinski definition) is 3. The number of benzene rings is 2. The molecule has 3 aromatic carbocycles. The van der Waals surface area contributed by atoms with E-state index in [-0.39, 0.29) is 11.6 Å². The summed E-state index contributed by atoms with van der Waals surface area (Å²) < 4.78 is 0. The summed E-state index contributed by atoms with van der Waals surface area (Å²) in [4.78, 5) is 40.8. The molecule has 0 aliphatic carbocycles. The first-order valence-corrected chi connectivity index (χ1v) is 9.81. The molecule has 0 spiro atoms. The van der Waals surface area contributed by atoms with Crippen LogP contribution in [0.3, 0.4) is 0 Å². The van der Waals surface area contributed by atoms with E-state index in [9.17, 15) is 14.4 Å². The molecule has 0 radical (unpaired) electrons. The Bertz CT molecular complexity index is 1330. The van der Waals surface area contributed by atoms with Crippen LogP contribution in [0.4, 0.5) is 11.4 Å². The average molecular weight is 400 g/mol. The summed E-state index contributed by atoms with van der Waals surface area (Å²) in [7, 11) is 0. The molecule has 0 atom stereocenters. The molecule has 4 N–H and O–H groups in total. The van der Waals surface area contributed by atoms with E-state index >= 15 is 0 Å². The molecule has 30 heavy (non-hydrogen) atoms. The van der Waals surface area contributed by atoms with Crippen molar-refractivity contribution in [1.29, 1.82) is 0 Å². The molecule has 7 nitrogen and oxygen atoms in total. The standard InChI is InChI=1S/C23H20N4O3/c24-19-20(22(29)21(19)28)27-8-7-14-6-5-13(9-16(14)12-27)11-25-23(30)18-10-15-3-1-2-4-17(15)26-18/h1-6,9-10,26H,7-8,11-12,24H2,(H,25,30). The predicted octanol–water partition coefficient (Wildman–Crippen LogP) is 1.84. The second-order valence-electron chi connectivity index (χ2n) is 7.65. The number of aromatic nitrogens is 1. The number of nitrogen functional groups attached to an aromatic ring is 1. The van der Waals surface area contributed by atoms with E-state index in [1.807, 2.05) is 47.4 Å². The van der Waals surface area contributed by atoms with Crippen molar-refractivity contribution in [3.8, 4) is 0 Å². The van der Waals surface area contributed by atoms with Gasteiger partial charge in [0.15, 0.2) is 0 Å². The number of anilines is 2. The molecular formula is C23H20N4O3. The topological polar surface area (TPSA) is 108 Å². The lowest BCUT2D eigenvalue weighted by Gasteiger charge is -2.32. The molecule has 1 amide bonds. The number of nitrogens with one attached hydrogen (secondary N) is 2. The Morgan fingerprint density at radius 1 is 1.07 bits per heavy atom. The Kier molecular flexibility index (Phi) is 4.17. The fourth-order valence-corrected chi connectivity index (χ4v) is 4.10. The molecule has 0 saturated heterocycles. The van der Waals surface area contributed by atoms with E-state index in [0.29, 0.717) is 31.0 Å². The molecule has 5 rings (SSSR count). The van der Waals surface area contributed by atoms with Gasteiger partial charge in [-0.25, -0.2) is 0 Å². The number of H-pyrrole nitrogens is 1. The molecule has 0 unspecified atom stereocenters. The maximum atomic E-state index is 12.5. The van der Waals surface area contributed by atoms with Crippen molar-refractivity contribution < 1.29 is 4.79 Å². The fourth-order valence-electron chi connectivity index (χ4n) is 4.10. The van der Waals surface area contributed by atoms with Crippen LogP contribution in [0.2, 0.25) is 0 Å². The summed E-state index contributed by atoms with van der Waals surface area (Å²) in [5.41, 5.74) is 9.72. The molecule has 1 aromatic heterocycles. The van der Waals surface area contributed by atoms with Crippen molar-refractivity contribution in [3.05, 3.63) is 91.4 Å². The monoisotopic (exact) mass is 400 g/mol. The van der Waals surface area contributed by atoms with E-state index in [4.69, 9.17) is 5.73 Å². The zero-order valence-electron chi connectivity index (χ0n) is 16.2. The van der Waals surface area contributed by atoms with E-state index in [2.05, 4.69) is 16.4 Å². The van der Waals surface area contributed by atoms with Crippen molar-refractivity contribution in [2.75, 3.05) is 17.2 Å². The lowest BCUT2D eigenvalue weighted by molar-refractivity contribution is 0.0946. The number of nitrogens with two attached hydrogens (primary N) is 1. The number of nitrogens with zero attached hydrogens (tertiary/aromatic N) is 1. The Morgan fingerprint density at radius 3 is 2.70 bits per heavy atom. The van der Waals surface area contributed by atoms with Crippen LogP contribution in [0.15, 0.2) is 58.1 Å². The minimum Gasteiger partial charge on any atom is -0.394 e. The van der Waals surface area contributed by atoms with Gasteiger partial charge in [0.05, 0.1) is 0 Å². The summed E-state index contributed by atoms with van der Waals surface area (Å²) >= 11 is 0. The molecule has 1 aliphatic rings. The molecule has 4 aromatic rings. The second-order valence-corrected chi connectivity index (χ2v) is 7.65. The van der Waals surface area contributed by atoms with E-state index in [1.54, 1.807) is 0 Å². The number of fused-ring (bicyclic) bond motifs is 2. The average Bonchev–Trinajstić information content (AvgIpc) is 3.21. The highest BCUT2D eigenvalue weighted by atomic mass is 16.2. The third-order valence-electron chi connectivity index (χ3n) is 5.75. The first-order valence-electron chi connectivity index (χ1n) is 9.81. The maximum Gasteiger partial charge on any atom is 0.267 e. The van der Waals surface area contributed by atoms with Crippen LogP contribution in [0.25, 0.3) is 10.9 Å². The number of para-hydroxylation sites is 1. The van der Waals surface area contributed by atoms with Crippen LogP contribution < -0.4 is 26.8 Å². The van der Waals surface area contributed by atoms with Gasteiger partial charge in [0.25, 0.3) is 16.8 Å². The Labute approximate surface area is 171 Å². The minimum absolute atomic E-state index is 0.0604. The van der Waals surface area contributed by atoms with Crippen molar-refractivity contribution in [2.24, 2.45) is 0 Å². The largest absolute Gasteiger partial charge is 0.394 e. The van der Waals surface area contributed by atoms with Crippen LogP contribution >= 0.6 is 0 Å². The highest BCUT2D eigenvalue weighted by Gasteiger charge is 2.26. The Balaban J connectivity index is 1.30. The van der Waals surface area contributed by atoms with Gasteiger partial charge in [-0.2, -0.15) is 0 Å². The first kappa shape index (κ1) is 18.2. The normalized spacial score (nSPS) is 13.5. The highest BCUT2D eigenvalue weighted by molar-refractivity contribution is 5.97. The number of hydrogen-bond acceptors (Lipinski definition) is 5. The van der Waals surface area contributed by atoms with Crippen molar-refractivity contribution in [3.63, 3.8) is 0 Å². The zero-order chi connectivity index (χ0) is 20.8. The molecule has 150 valence electrons. The Hall–Kier alpha value is -3.87. The van der Waals surface area contributed by atoms with Gasteiger partial charge in [-0.05, 0) is 35.2 Å². The molecule has 0 saturated carbocycles. The van der Waals surface area contributed by atoms with Gasteiger partial charge in [-0.15, -0.1) is 0 Å². The van der Waals surface area contributed by atoms with E-state index in [0.717, 1.165) is 28.5 Å². The summed E-state index contributed by atoms with van der Waals surface area (Å²) in [5, 5.41) is 3.94. The van der Waals surface area contributed by atoms with Crippen LogP contribution in [0.1, 0.15) is 27.2 Å². The lowest BCUT2D eigenvalue weighted by Crippen LogP contribution is -2.44. The fraction of sp³-hybridized carbons (Fsp3) is 0.174. The number of rotatable bonds is 4. The highest BCUT2D eigenvalue weighted by Crippen LogP contribution is 2.26. The summed E-state index contributed by atoms with van der Waals surface area (Å²) in [6.07, 6.45) is 0.773. The van der Waals surface area contributed by atoms with Gasteiger partial charge < -0.3 is 20.9 Å². The van der Waals surface area contributed by atoms with E-state index < -0.39 is 10.9 Å². The van der Waals surface area contributed by atoms with Crippen LogP contribution in [0.5, 0.6) is 0 Å². The minimum atomic E-state index is -0.593. The predicted molar refractivity (Wildman–Crippen MR) is 116 cm³/mol. The van der Waals surface area contributed by atoms with Crippen LogP contribution in [-0.2, 0) is 19.5 Å². The smallest absolute Gasteiger partial charge is 0.267 e. The van der Waals surface area contributed by atoms with Crippen molar-refractivity contribution in [1.82, 2.24) is 10.3 Å². The maximum absolute atomic E-state index is 12.5. The number of aromatic amines is 1. The molecule has 7 heteroatoms. The van der Waals surface area contributed by atoms with Gasteiger partial charge in [0, 0.05) is 30.5 Å². The Morgan fingerprint density at radius 2 is 1.90 bits per heavy atom. The number of carbonyl (C=O) groups is 1. The third-order valence-corrected chi connectivity index (χ3v) is 5.75. The first-order chi connectivity index (χ1) is 14.5. The van der Waals surface area contributed by atoms with Crippen molar-refractivity contribution in [2.45, 2.75) is 19.5 Å². The zero-order valence-corrected chi connectivity index (χ0v) is 16.2. The quantitative estimate of drug-likeness (QED) is 0.453. The summed E-state index contributed by atoms with van der Waals surface area (Å²) in [6.45, 7) is 1.57. The number of carbonyl (C=O) groups excluding carboxylic acids is 1. The number of amides is 1. The summed E-state index contributed by atoms with van der Waals surface area (Å²) in [5.74, 6) is -0.165. The lowest BCUT2D eigenvalue weighted by atomic mass is 9.96. The van der Waals surface area contributed by atoms with Gasteiger partial charge >= 0.3 is 0 Å². The molecular weight excluding hydrogens is 380 g/mol. The van der Waals surface area contributed by atoms with Crippen molar-refractivity contribution >= 4 is 28.2 Å². The molecule has 0 fully saturated rings. The van der Waals surface area contributed by atoms with Crippen LogP contribution in [-0.4, -0.2) is 17.4 Å². The third kappa shape index (κ3) is 2.95.